The minimum atomic E-state index is -0.157. The summed E-state index contributed by atoms with van der Waals surface area (Å²) in [4.78, 5) is 20.0. The van der Waals surface area contributed by atoms with Crippen LogP contribution in [0.15, 0.2) is 30.3 Å². The topological polar surface area (TPSA) is 75.6 Å². The fourth-order valence-corrected chi connectivity index (χ4v) is 2.39. The summed E-state index contributed by atoms with van der Waals surface area (Å²) >= 11 is 0. The van der Waals surface area contributed by atoms with E-state index in [-0.39, 0.29) is 11.3 Å². The third-order valence-corrected chi connectivity index (χ3v) is 3.74. The largest absolute Gasteiger partial charge is 0.343 e. The van der Waals surface area contributed by atoms with E-state index >= 15 is 0 Å². The van der Waals surface area contributed by atoms with Crippen LogP contribution in [0.5, 0.6) is 0 Å². The number of nitrogens with one attached hydrogen (secondary N) is 2. The van der Waals surface area contributed by atoms with Crippen LogP contribution in [-0.4, -0.2) is 25.7 Å². The minimum Gasteiger partial charge on any atom is -0.343 e. The Bertz CT molecular complexity index is 820. The smallest absolute Gasteiger partial charge is 0.269 e. The third-order valence-electron chi connectivity index (χ3n) is 3.74. The number of aromatic nitrogens is 4. The van der Waals surface area contributed by atoms with Crippen molar-refractivity contribution in [2.75, 3.05) is 0 Å². The second-order valence-corrected chi connectivity index (χ2v) is 6.67. The van der Waals surface area contributed by atoms with Gasteiger partial charge in [-0.05, 0) is 18.2 Å². The molecule has 2 N–H and O–H groups in total. The number of carbonyl (C=O) groups is 1. The van der Waals surface area contributed by atoms with Gasteiger partial charge in [0.2, 0.25) is 0 Å². The van der Waals surface area contributed by atoms with E-state index in [0.717, 1.165) is 22.6 Å². The molecule has 1 amide bonds. The molecule has 2 heterocycles. The summed E-state index contributed by atoms with van der Waals surface area (Å²) in [5, 5.41) is 7.31. The van der Waals surface area contributed by atoms with Crippen LogP contribution < -0.4 is 5.32 Å². The average molecular weight is 311 g/mol. The van der Waals surface area contributed by atoms with Gasteiger partial charge in [0.15, 0.2) is 0 Å². The van der Waals surface area contributed by atoms with E-state index in [1.165, 1.54) is 0 Å². The Balaban J connectivity index is 1.73. The van der Waals surface area contributed by atoms with E-state index in [1.807, 2.05) is 30.3 Å². The number of aryl methyl sites for hydroxylation is 1. The Morgan fingerprint density at radius 1 is 1.30 bits per heavy atom. The monoisotopic (exact) mass is 311 g/mol. The Morgan fingerprint density at radius 2 is 2.04 bits per heavy atom. The van der Waals surface area contributed by atoms with E-state index in [1.54, 1.807) is 11.7 Å². The van der Waals surface area contributed by atoms with Crippen molar-refractivity contribution in [1.82, 2.24) is 25.1 Å². The Kier molecular flexibility index (Phi) is 3.67. The number of hydrogen-bond donors (Lipinski definition) is 2. The molecule has 1 aromatic carbocycles. The molecule has 0 saturated carbocycles. The number of fused-ring (bicyclic) bond motifs is 1. The number of carbonyl (C=O) groups excluding carboxylic acids is 1. The molecule has 3 aromatic rings. The van der Waals surface area contributed by atoms with Crippen LogP contribution in [0.4, 0.5) is 0 Å². The summed E-state index contributed by atoms with van der Waals surface area (Å²) in [6.07, 6.45) is 0. The molecule has 0 radical (unpaired) electrons. The zero-order valence-corrected chi connectivity index (χ0v) is 13.8. The van der Waals surface area contributed by atoms with Gasteiger partial charge in [-0.2, -0.15) is 5.10 Å². The summed E-state index contributed by atoms with van der Waals surface area (Å²) < 4.78 is 1.62. The number of imidazole rings is 1. The van der Waals surface area contributed by atoms with Crippen LogP contribution in [0.2, 0.25) is 0 Å². The first-order valence-corrected chi connectivity index (χ1v) is 7.61. The Hall–Kier alpha value is -2.63. The number of benzene rings is 1. The highest BCUT2D eigenvalue weighted by Gasteiger charge is 2.21. The zero-order valence-electron chi connectivity index (χ0n) is 13.8. The number of H-pyrrole nitrogens is 1. The predicted molar refractivity (Wildman–Crippen MR) is 89.2 cm³/mol. The van der Waals surface area contributed by atoms with Crippen LogP contribution in [0.25, 0.3) is 11.0 Å². The summed E-state index contributed by atoms with van der Waals surface area (Å²) in [7, 11) is 1.78. The molecule has 0 fully saturated rings. The number of para-hydroxylation sites is 2. The van der Waals surface area contributed by atoms with E-state index < -0.39 is 0 Å². The van der Waals surface area contributed by atoms with Gasteiger partial charge in [0.25, 0.3) is 5.91 Å². The zero-order chi connectivity index (χ0) is 16.6. The highest BCUT2D eigenvalue weighted by molar-refractivity contribution is 5.92. The number of aromatic amines is 1. The maximum atomic E-state index is 12.4. The summed E-state index contributed by atoms with van der Waals surface area (Å²) in [6, 6.07) is 9.63. The number of amides is 1. The van der Waals surface area contributed by atoms with E-state index in [2.05, 4.69) is 41.2 Å². The minimum absolute atomic E-state index is 0.0883. The van der Waals surface area contributed by atoms with Gasteiger partial charge in [-0.3, -0.25) is 9.48 Å². The molecule has 120 valence electrons. The second-order valence-electron chi connectivity index (χ2n) is 6.67. The summed E-state index contributed by atoms with van der Waals surface area (Å²) in [6.45, 7) is 6.58. The fourth-order valence-electron chi connectivity index (χ4n) is 2.39. The average Bonchev–Trinajstić information content (AvgIpc) is 3.07. The first-order valence-electron chi connectivity index (χ1n) is 7.61. The fraction of sp³-hybridized carbons (Fsp3) is 0.353. The molecule has 0 bridgehead atoms. The standard InChI is InChI=1S/C17H21N5O/c1-17(2,3)14-9-13(22(4)21-14)16(23)18-10-15-19-11-7-5-6-8-12(11)20-15/h5-9H,10H2,1-4H3,(H,18,23)(H,19,20). The van der Waals surface area contributed by atoms with Crippen LogP contribution in [0.3, 0.4) is 0 Å². The lowest BCUT2D eigenvalue weighted by atomic mass is 9.92. The summed E-state index contributed by atoms with van der Waals surface area (Å²) in [5.74, 6) is 0.578. The third kappa shape index (κ3) is 3.11. The molecule has 0 atom stereocenters. The van der Waals surface area contributed by atoms with E-state index in [0.29, 0.717) is 12.2 Å². The predicted octanol–water partition coefficient (Wildman–Crippen LogP) is 2.52. The van der Waals surface area contributed by atoms with Gasteiger partial charge in [-0.25, -0.2) is 4.98 Å². The summed E-state index contributed by atoms with van der Waals surface area (Å²) in [5.41, 5.74) is 3.22. The van der Waals surface area contributed by atoms with Crippen LogP contribution >= 0.6 is 0 Å². The van der Waals surface area contributed by atoms with Gasteiger partial charge in [0, 0.05) is 12.5 Å². The van der Waals surface area contributed by atoms with Crippen LogP contribution in [0.1, 0.15) is 42.8 Å². The van der Waals surface area contributed by atoms with Crippen molar-refractivity contribution in [2.24, 2.45) is 7.05 Å². The molecule has 0 saturated heterocycles. The Labute approximate surface area is 134 Å². The van der Waals surface area contributed by atoms with Crippen molar-refractivity contribution in [3.63, 3.8) is 0 Å². The van der Waals surface area contributed by atoms with E-state index in [4.69, 9.17) is 0 Å². The SMILES string of the molecule is Cn1nc(C(C)(C)C)cc1C(=O)NCc1nc2ccccc2[nH]1. The molecular formula is C17H21N5O. The van der Waals surface area contributed by atoms with Gasteiger partial charge in [-0.15, -0.1) is 0 Å². The molecule has 0 aliphatic carbocycles. The Morgan fingerprint density at radius 3 is 2.70 bits per heavy atom. The van der Waals surface area contributed by atoms with Crippen molar-refractivity contribution >= 4 is 16.9 Å². The van der Waals surface area contributed by atoms with E-state index in [9.17, 15) is 4.79 Å². The maximum absolute atomic E-state index is 12.4. The highest BCUT2D eigenvalue weighted by Crippen LogP contribution is 2.21. The molecule has 0 spiro atoms. The lowest BCUT2D eigenvalue weighted by Crippen LogP contribution is -2.25. The number of nitrogens with zero attached hydrogens (tertiary/aromatic N) is 3. The van der Waals surface area contributed by atoms with Crippen LogP contribution in [-0.2, 0) is 19.0 Å². The molecule has 0 aliphatic heterocycles. The molecular weight excluding hydrogens is 290 g/mol. The maximum Gasteiger partial charge on any atom is 0.269 e. The van der Waals surface area contributed by atoms with Crippen molar-refractivity contribution in [1.29, 1.82) is 0 Å². The number of rotatable bonds is 3. The molecule has 0 unspecified atom stereocenters. The molecule has 6 heteroatoms. The first-order chi connectivity index (χ1) is 10.8. The molecule has 23 heavy (non-hydrogen) atoms. The van der Waals surface area contributed by atoms with Gasteiger partial charge in [0.1, 0.15) is 11.5 Å². The van der Waals surface area contributed by atoms with Crippen molar-refractivity contribution in [3.05, 3.63) is 47.5 Å². The van der Waals surface area contributed by atoms with Gasteiger partial charge in [-0.1, -0.05) is 32.9 Å². The van der Waals surface area contributed by atoms with Crippen molar-refractivity contribution < 1.29 is 4.79 Å². The highest BCUT2D eigenvalue weighted by atomic mass is 16.2. The van der Waals surface area contributed by atoms with Gasteiger partial charge >= 0.3 is 0 Å². The lowest BCUT2D eigenvalue weighted by Gasteiger charge is -2.13. The van der Waals surface area contributed by atoms with Gasteiger partial charge in [0.05, 0.1) is 23.3 Å². The second kappa shape index (κ2) is 5.53. The lowest BCUT2D eigenvalue weighted by molar-refractivity contribution is 0.0940. The van der Waals surface area contributed by atoms with Crippen LogP contribution in [0, 0.1) is 0 Å². The molecule has 6 nitrogen and oxygen atoms in total. The van der Waals surface area contributed by atoms with Gasteiger partial charge < -0.3 is 10.3 Å². The normalized spacial score (nSPS) is 11.8. The van der Waals surface area contributed by atoms with Crippen molar-refractivity contribution in [3.8, 4) is 0 Å². The molecule has 3 rings (SSSR count). The van der Waals surface area contributed by atoms with Crippen molar-refractivity contribution in [2.45, 2.75) is 32.7 Å². The first kappa shape index (κ1) is 15.3. The number of hydrogen-bond acceptors (Lipinski definition) is 3. The molecule has 2 aromatic heterocycles. The quantitative estimate of drug-likeness (QED) is 0.780. The molecule has 0 aliphatic rings.